The van der Waals surface area contributed by atoms with Gasteiger partial charge in [0.15, 0.2) is 0 Å². The lowest BCUT2D eigenvalue weighted by Crippen LogP contribution is -2.19. The third-order valence-corrected chi connectivity index (χ3v) is 5.79. The molecule has 0 aliphatic heterocycles. The molecule has 0 nitrogen and oxygen atoms in total. The lowest BCUT2D eigenvalue weighted by atomic mass is 9.91. The van der Waals surface area contributed by atoms with Crippen LogP contribution in [0.1, 0.15) is 32.6 Å². The molecular weight excluding hydrogens is 151 g/mol. The predicted octanol–water partition coefficient (Wildman–Crippen LogP) is 3.47. The van der Waals surface area contributed by atoms with Gasteiger partial charge in [-0.25, -0.2) is 0 Å². The first kappa shape index (κ1) is 9.52. The van der Waals surface area contributed by atoms with Crippen molar-refractivity contribution in [2.45, 2.75) is 38.3 Å². The molecule has 0 atom stereocenters. The number of rotatable bonds is 1. The van der Waals surface area contributed by atoms with Crippen molar-refractivity contribution < 1.29 is 0 Å². The fourth-order valence-corrected chi connectivity index (χ4v) is 3.86. The van der Waals surface area contributed by atoms with Crippen LogP contribution in [0, 0.1) is 5.92 Å². The molecule has 0 aromatic rings. The fourth-order valence-electron chi connectivity index (χ4n) is 2.02. The minimum Gasteiger partial charge on any atom is -0.0625 e. The Balaban J connectivity index is 2.39. The molecule has 66 valence electrons. The molecule has 0 bridgehead atoms. The van der Waals surface area contributed by atoms with Crippen LogP contribution in [-0.4, -0.2) is 25.7 Å². The maximum absolute atomic E-state index is 2.49. The zero-order valence-electron chi connectivity index (χ0n) is 8.43. The second-order valence-corrected chi connectivity index (χ2v) is 9.99. The molecule has 1 heteroatoms. The minimum atomic E-state index is -0.518. The largest absolute Gasteiger partial charge is 0.0689 e. The zero-order valence-corrected chi connectivity index (χ0v) is 9.32. The van der Waals surface area contributed by atoms with Crippen molar-refractivity contribution in [1.82, 2.24) is 0 Å². The quantitative estimate of drug-likeness (QED) is 0.533. The van der Waals surface area contributed by atoms with E-state index < -0.39 is 7.26 Å². The van der Waals surface area contributed by atoms with E-state index in [4.69, 9.17) is 0 Å². The van der Waals surface area contributed by atoms with E-state index in [2.05, 4.69) is 26.9 Å². The van der Waals surface area contributed by atoms with Crippen LogP contribution in [-0.2, 0) is 0 Å². The Bertz CT molecular complexity index is 115. The van der Waals surface area contributed by atoms with Crippen LogP contribution in [0.25, 0.3) is 0 Å². The molecule has 1 aliphatic rings. The van der Waals surface area contributed by atoms with E-state index in [1.165, 1.54) is 25.7 Å². The van der Waals surface area contributed by atoms with Crippen molar-refractivity contribution in [1.29, 1.82) is 0 Å². The normalized spacial score (nSPS) is 33.8. The van der Waals surface area contributed by atoms with Crippen LogP contribution in [0.5, 0.6) is 0 Å². The average molecular weight is 173 g/mol. The van der Waals surface area contributed by atoms with Crippen molar-refractivity contribution in [3.8, 4) is 0 Å². The molecule has 0 heterocycles. The highest BCUT2D eigenvalue weighted by Gasteiger charge is 2.33. The maximum atomic E-state index is 2.49. The van der Waals surface area contributed by atoms with Crippen molar-refractivity contribution in [3.63, 3.8) is 0 Å². The minimum absolute atomic E-state index is 0.518. The van der Waals surface area contributed by atoms with Gasteiger partial charge in [-0.05, 0) is 31.6 Å². The first-order valence-electron chi connectivity index (χ1n) is 4.81. The van der Waals surface area contributed by atoms with E-state index in [1.54, 1.807) is 0 Å². The van der Waals surface area contributed by atoms with E-state index in [1.807, 2.05) is 0 Å². The van der Waals surface area contributed by atoms with Crippen LogP contribution >= 0.6 is 7.26 Å². The Hall–Kier alpha value is 0.430. The fraction of sp³-hybridized carbons (Fsp3) is 1.00. The van der Waals surface area contributed by atoms with Gasteiger partial charge >= 0.3 is 0 Å². The summed E-state index contributed by atoms with van der Waals surface area (Å²) in [5.74, 6) is 1.01. The van der Waals surface area contributed by atoms with Crippen LogP contribution in [0.3, 0.4) is 0 Å². The van der Waals surface area contributed by atoms with Gasteiger partial charge in [0.05, 0.1) is 5.66 Å². The molecule has 0 unspecified atom stereocenters. The molecule has 11 heavy (non-hydrogen) atoms. The molecule has 0 amide bonds. The van der Waals surface area contributed by atoms with Gasteiger partial charge in [0.2, 0.25) is 0 Å². The Morgan fingerprint density at radius 3 is 1.73 bits per heavy atom. The summed E-state index contributed by atoms with van der Waals surface area (Å²) in [6, 6.07) is 0. The summed E-state index contributed by atoms with van der Waals surface area (Å²) in [5.41, 5.74) is 1.10. The van der Waals surface area contributed by atoms with Gasteiger partial charge in [0, 0.05) is 27.3 Å². The highest BCUT2D eigenvalue weighted by atomic mass is 31.2. The van der Waals surface area contributed by atoms with E-state index in [9.17, 15) is 0 Å². The molecule has 0 N–H and O–H groups in total. The molecule has 0 aromatic carbocycles. The first-order chi connectivity index (χ1) is 5.00. The summed E-state index contributed by atoms with van der Waals surface area (Å²) in [4.78, 5) is 0. The third-order valence-electron chi connectivity index (χ3n) is 3.08. The summed E-state index contributed by atoms with van der Waals surface area (Å²) < 4.78 is 0. The van der Waals surface area contributed by atoms with E-state index >= 15 is 0 Å². The van der Waals surface area contributed by atoms with Gasteiger partial charge < -0.3 is 0 Å². The molecule has 1 aliphatic carbocycles. The molecule has 1 saturated carbocycles. The highest BCUT2D eigenvalue weighted by Crippen LogP contribution is 2.57. The maximum Gasteiger partial charge on any atom is 0.0689 e. The Morgan fingerprint density at radius 1 is 0.909 bits per heavy atom. The molecular formula is C10H22P+. The average Bonchev–Trinajstić information content (AvgIpc) is 1.86. The number of hydrogen-bond acceptors (Lipinski definition) is 0. The van der Waals surface area contributed by atoms with Gasteiger partial charge in [-0.2, -0.15) is 0 Å². The highest BCUT2D eigenvalue weighted by molar-refractivity contribution is 7.74. The molecule has 0 saturated heterocycles. The summed E-state index contributed by atoms with van der Waals surface area (Å²) in [6.45, 7) is 9.88. The lowest BCUT2D eigenvalue weighted by Gasteiger charge is -2.30. The lowest BCUT2D eigenvalue weighted by molar-refractivity contribution is 0.389. The van der Waals surface area contributed by atoms with Crippen molar-refractivity contribution in [3.05, 3.63) is 0 Å². The van der Waals surface area contributed by atoms with Crippen molar-refractivity contribution >= 4 is 7.26 Å². The Labute approximate surface area is 72.1 Å². The molecule has 0 aromatic heterocycles. The predicted molar refractivity (Wildman–Crippen MR) is 56.1 cm³/mol. The second-order valence-electron chi connectivity index (χ2n) is 5.03. The van der Waals surface area contributed by atoms with Gasteiger partial charge in [-0.3, -0.25) is 0 Å². The third kappa shape index (κ3) is 2.75. The van der Waals surface area contributed by atoms with Crippen LogP contribution in [0.15, 0.2) is 0 Å². The van der Waals surface area contributed by atoms with Gasteiger partial charge in [0.1, 0.15) is 0 Å². The van der Waals surface area contributed by atoms with E-state index in [0.29, 0.717) is 0 Å². The van der Waals surface area contributed by atoms with Gasteiger partial charge in [0.25, 0.3) is 0 Å². The van der Waals surface area contributed by atoms with E-state index in [-0.39, 0.29) is 0 Å². The van der Waals surface area contributed by atoms with E-state index in [0.717, 1.165) is 11.6 Å². The molecule has 0 radical (unpaired) electrons. The first-order valence-corrected chi connectivity index (χ1v) is 8.01. The Morgan fingerprint density at radius 2 is 1.36 bits per heavy atom. The molecule has 1 fully saturated rings. The summed E-state index contributed by atoms with van der Waals surface area (Å²) in [5, 5.41) is 0. The topological polar surface area (TPSA) is 0 Å². The van der Waals surface area contributed by atoms with Crippen LogP contribution in [0.2, 0.25) is 0 Å². The SMILES string of the molecule is CC1CCC([P+](C)(C)C)CC1. The monoisotopic (exact) mass is 173 g/mol. The number of hydrogen-bond donors (Lipinski definition) is 0. The van der Waals surface area contributed by atoms with Crippen LogP contribution in [0.4, 0.5) is 0 Å². The summed E-state index contributed by atoms with van der Waals surface area (Å²) >= 11 is 0. The van der Waals surface area contributed by atoms with Crippen LogP contribution < -0.4 is 0 Å². The standard InChI is InChI=1S/C10H22P/c1-9-5-7-10(8-6-9)11(2,3)4/h9-10H,5-8H2,1-4H3/q+1. The molecule has 0 spiro atoms. The summed E-state index contributed by atoms with van der Waals surface area (Å²) in [6.07, 6.45) is 6.00. The van der Waals surface area contributed by atoms with Crippen molar-refractivity contribution in [2.75, 3.05) is 20.0 Å². The molecule has 1 rings (SSSR count). The van der Waals surface area contributed by atoms with Gasteiger partial charge in [-0.15, -0.1) is 0 Å². The summed E-state index contributed by atoms with van der Waals surface area (Å²) in [7, 11) is -0.518. The van der Waals surface area contributed by atoms with Crippen molar-refractivity contribution in [2.24, 2.45) is 5.92 Å². The second kappa shape index (κ2) is 3.44. The smallest absolute Gasteiger partial charge is 0.0625 e. The Kier molecular flexibility index (Phi) is 2.97. The zero-order chi connectivity index (χ0) is 8.48. The van der Waals surface area contributed by atoms with Gasteiger partial charge in [-0.1, -0.05) is 6.92 Å².